The van der Waals surface area contributed by atoms with Crippen LogP contribution in [0.5, 0.6) is 0 Å². The third kappa shape index (κ3) is 5.61. The molecule has 0 aliphatic carbocycles. The first-order valence-electron chi connectivity index (χ1n) is 12.7. The van der Waals surface area contributed by atoms with Crippen LogP contribution in [0, 0.1) is 11.7 Å². The van der Waals surface area contributed by atoms with Gasteiger partial charge in [0.2, 0.25) is 11.5 Å². The Balaban J connectivity index is 1.25. The second kappa shape index (κ2) is 10.6. The second-order valence-corrected chi connectivity index (χ2v) is 9.92. The lowest BCUT2D eigenvalue weighted by molar-refractivity contribution is -0.141. The molecule has 38 heavy (non-hydrogen) atoms. The number of anilines is 3. The zero-order valence-corrected chi connectivity index (χ0v) is 21.0. The average molecular weight is 532 g/mol. The molecule has 2 fully saturated rings. The van der Waals surface area contributed by atoms with Crippen molar-refractivity contribution in [3.63, 3.8) is 0 Å². The van der Waals surface area contributed by atoms with E-state index in [2.05, 4.69) is 9.97 Å². The second-order valence-electron chi connectivity index (χ2n) is 9.92. The standard InChI is InChI=1S/C27H29F4N5O2/c1-18-5-4-10-36(17-18)26-33-25(27(29,30)31)24(38-26)22(37)15-19-8-9-23(32-16-19)35-13-11-34(12-14-35)21-7-3-2-6-20(21)28/h2-3,6-9,16,18H,4-5,10-15,17H2,1H3. The van der Waals surface area contributed by atoms with Crippen LogP contribution in [0.15, 0.2) is 47.0 Å². The molecule has 0 bridgehead atoms. The molecular weight excluding hydrogens is 502 g/mol. The van der Waals surface area contributed by atoms with Gasteiger partial charge in [-0.1, -0.05) is 25.1 Å². The van der Waals surface area contributed by atoms with E-state index in [0.29, 0.717) is 62.3 Å². The molecule has 0 radical (unpaired) electrons. The number of benzene rings is 1. The first-order chi connectivity index (χ1) is 18.2. The summed E-state index contributed by atoms with van der Waals surface area (Å²) in [6.45, 7) is 5.58. The molecule has 2 aliphatic rings. The predicted octanol–water partition coefficient (Wildman–Crippen LogP) is 5.22. The van der Waals surface area contributed by atoms with E-state index < -0.39 is 23.4 Å². The molecule has 0 spiro atoms. The van der Waals surface area contributed by atoms with Crippen molar-refractivity contribution in [3.8, 4) is 0 Å². The molecule has 2 aliphatic heterocycles. The number of carbonyl (C=O) groups is 1. The van der Waals surface area contributed by atoms with E-state index in [4.69, 9.17) is 4.42 Å². The van der Waals surface area contributed by atoms with Gasteiger partial charge in [0, 0.05) is 51.9 Å². The summed E-state index contributed by atoms with van der Waals surface area (Å²) in [7, 11) is 0. The van der Waals surface area contributed by atoms with Gasteiger partial charge in [0.15, 0.2) is 5.69 Å². The lowest BCUT2D eigenvalue weighted by Gasteiger charge is -2.36. The normalized spacial score (nSPS) is 18.7. The van der Waals surface area contributed by atoms with Crippen molar-refractivity contribution in [3.05, 3.63) is 65.4 Å². The molecule has 1 atom stereocenters. The Bertz CT molecular complexity index is 1270. The molecule has 202 valence electrons. The number of alkyl halides is 3. The summed E-state index contributed by atoms with van der Waals surface area (Å²) in [5.74, 6) is -0.831. The summed E-state index contributed by atoms with van der Waals surface area (Å²) in [6.07, 6.45) is -1.79. The summed E-state index contributed by atoms with van der Waals surface area (Å²) in [4.78, 5) is 26.7. The SMILES string of the molecule is CC1CCCN(c2nc(C(F)(F)F)c(C(=O)Cc3ccc(N4CCN(c5ccccc5F)CC4)nc3)o2)C1. The van der Waals surface area contributed by atoms with Crippen LogP contribution < -0.4 is 14.7 Å². The minimum absolute atomic E-state index is 0.157. The largest absolute Gasteiger partial charge is 0.437 e. The molecule has 1 unspecified atom stereocenters. The number of rotatable bonds is 6. The highest BCUT2D eigenvalue weighted by molar-refractivity contribution is 5.96. The molecule has 4 heterocycles. The van der Waals surface area contributed by atoms with Crippen LogP contribution in [0.4, 0.5) is 35.1 Å². The molecule has 11 heteroatoms. The van der Waals surface area contributed by atoms with Crippen LogP contribution in [-0.4, -0.2) is 55.0 Å². The van der Waals surface area contributed by atoms with Crippen molar-refractivity contribution in [2.45, 2.75) is 32.4 Å². The molecule has 1 aromatic carbocycles. The van der Waals surface area contributed by atoms with Gasteiger partial charge in [0.1, 0.15) is 11.6 Å². The van der Waals surface area contributed by atoms with Gasteiger partial charge in [-0.25, -0.2) is 9.37 Å². The Hall–Kier alpha value is -3.63. The third-order valence-electron chi connectivity index (χ3n) is 7.04. The number of hydrogen-bond donors (Lipinski definition) is 0. The Morgan fingerprint density at radius 3 is 2.42 bits per heavy atom. The summed E-state index contributed by atoms with van der Waals surface area (Å²) in [5, 5.41) is 0. The molecule has 5 rings (SSSR count). The number of hydrogen-bond acceptors (Lipinski definition) is 7. The number of piperidine rings is 1. The quantitative estimate of drug-likeness (QED) is 0.319. The first-order valence-corrected chi connectivity index (χ1v) is 12.7. The van der Waals surface area contributed by atoms with Crippen LogP contribution in [0.1, 0.15) is 41.6 Å². The fourth-order valence-electron chi connectivity index (χ4n) is 5.05. The minimum Gasteiger partial charge on any atom is -0.420 e. The van der Waals surface area contributed by atoms with Crippen LogP contribution in [0.3, 0.4) is 0 Å². The van der Waals surface area contributed by atoms with Gasteiger partial charge >= 0.3 is 6.18 Å². The summed E-state index contributed by atoms with van der Waals surface area (Å²) < 4.78 is 60.6. The van der Waals surface area contributed by atoms with Crippen LogP contribution in [0.2, 0.25) is 0 Å². The highest BCUT2D eigenvalue weighted by Crippen LogP contribution is 2.35. The number of oxazole rings is 1. The van der Waals surface area contributed by atoms with Crippen LogP contribution in [-0.2, 0) is 12.6 Å². The van der Waals surface area contributed by atoms with Crippen molar-refractivity contribution < 1.29 is 26.8 Å². The maximum absolute atomic E-state index is 14.1. The van der Waals surface area contributed by atoms with Gasteiger partial charge in [-0.2, -0.15) is 18.2 Å². The number of para-hydroxylation sites is 1. The Morgan fingerprint density at radius 1 is 1.03 bits per heavy atom. The Morgan fingerprint density at radius 2 is 1.76 bits per heavy atom. The lowest BCUT2D eigenvalue weighted by Crippen LogP contribution is -2.47. The number of aromatic nitrogens is 2. The molecule has 0 amide bonds. The monoisotopic (exact) mass is 531 g/mol. The number of piperazine rings is 1. The molecule has 7 nitrogen and oxygen atoms in total. The maximum atomic E-state index is 14.1. The summed E-state index contributed by atoms with van der Waals surface area (Å²) in [5.41, 5.74) is -0.244. The molecule has 2 saturated heterocycles. The number of Topliss-reactive ketones (excluding diaryl/α,β-unsaturated/α-hetero) is 1. The Labute approximate surface area is 218 Å². The lowest BCUT2D eigenvalue weighted by atomic mass is 10.0. The van der Waals surface area contributed by atoms with Gasteiger partial charge in [-0.15, -0.1) is 0 Å². The molecular formula is C27H29F4N5O2. The number of carbonyl (C=O) groups excluding carboxylic acids is 1. The van der Waals surface area contributed by atoms with E-state index in [-0.39, 0.29) is 18.3 Å². The fraction of sp³-hybridized carbons (Fsp3) is 0.444. The van der Waals surface area contributed by atoms with Crippen molar-refractivity contribution in [2.24, 2.45) is 5.92 Å². The van der Waals surface area contributed by atoms with E-state index in [1.807, 2.05) is 16.7 Å². The highest BCUT2D eigenvalue weighted by Gasteiger charge is 2.42. The van der Waals surface area contributed by atoms with Gasteiger partial charge < -0.3 is 19.1 Å². The zero-order valence-electron chi connectivity index (χ0n) is 21.0. The first kappa shape index (κ1) is 26.0. The van der Waals surface area contributed by atoms with Crippen molar-refractivity contribution >= 4 is 23.3 Å². The van der Waals surface area contributed by atoms with E-state index in [0.717, 1.165) is 12.8 Å². The summed E-state index contributed by atoms with van der Waals surface area (Å²) >= 11 is 0. The minimum atomic E-state index is -4.80. The number of nitrogens with zero attached hydrogens (tertiary/aromatic N) is 5. The number of halogens is 4. The van der Waals surface area contributed by atoms with E-state index in [1.165, 1.54) is 12.3 Å². The molecule has 0 N–H and O–H groups in total. The van der Waals surface area contributed by atoms with Gasteiger partial charge in [-0.05, 0) is 42.5 Å². The summed E-state index contributed by atoms with van der Waals surface area (Å²) in [6, 6.07) is 9.92. The topological polar surface area (TPSA) is 65.7 Å². The van der Waals surface area contributed by atoms with Gasteiger partial charge in [0.05, 0.1) is 5.69 Å². The van der Waals surface area contributed by atoms with Crippen molar-refractivity contribution in [1.29, 1.82) is 0 Å². The molecule has 0 saturated carbocycles. The average Bonchev–Trinajstić information content (AvgIpc) is 3.37. The maximum Gasteiger partial charge on any atom is 0.437 e. The predicted molar refractivity (Wildman–Crippen MR) is 135 cm³/mol. The zero-order chi connectivity index (χ0) is 26.9. The molecule has 2 aromatic heterocycles. The number of ketones is 1. The fourth-order valence-corrected chi connectivity index (χ4v) is 5.05. The van der Waals surface area contributed by atoms with Crippen LogP contribution in [0.25, 0.3) is 0 Å². The van der Waals surface area contributed by atoms with Gasteiger partial charge in [0.25, 0.3) is 6.01 Å². The Kier molecular flexibility index (Phi) is 7.27. The van der Waals surface area contributed by atoms with Crippen molar-refractivity contribution in [2.75, 3.05) is 54.0 Å². The van der Waals surface area contributed by atoms with E-state index >= 15 is 0 Å². The van der Waals surface area contributed by atoms with Crippen LogP contribution >= 0.6 is 0 Å². The third-order valence-corrected chi connectivity index (χ3v) is 7.04. The number of pyridine rings is 1. The van der Waals surface area contributed by atoms with Crippen molar-refractivity contribution in [1.82, 2.24) is 9.97 Å². The van der Waals surface area contributed by atoms with E-state index in [9.17, 15) is 22.4 Å². The van der Waals surface area contributed by atoms with Gasteiger partial charge in [-0.3, -0.25) is 4.79 Å². The van der Waals surface area contributed by atoms with E-state index in [1.54, 1.807) is 35.2 Å². The highest BCUT2D eigenvalue weighted by atomic mass is 19.4. The molecule has 3 aromatic rings. The smallest absolute Gasteiger partial charge is 0.420 e.